The summed E-state index contributed by atoms with van der Waals surface area (Å²) >= 11 is 0. The highest BCUT2D eigenvalue weighted by Crippen LogP contribution is 2.61. The molecular weight excluding hydrogens is 372 g/mol. The number of hydrogen-bond donors (Lipinski definition) is 2. The van der Waals surface area contributed by atoms with Gasteiger partial charge in [-0.2, -0.15) is 0 Å². The van der Waals surface area contributed by atoms with E-state index in [0.717, 1.165) is 86.9 Å². The fourth-order valence-corrected chi connectivity index (χ4v) is 10.3. The van der Waals surface area contributed by atoms with E-state index in [-0.39, 0.29) is 22.9 Å². The second kappa shape index (κ2) is 6.25. The second-order valence-electron chi connectivity index (χ2n) is 13.2. The first kappa shape index (κ1) is 18.5. The molecule has 0 aliphatic heterocycles. The smallest absolute Gasteiger partial charge is 0.226 e. The van der Waals surface area contributed by atoms with E-state index in [1.54, 1.807) is 0 Å². The molecule has 9 saturated carbocycles. The maximum atomic E-state index is 13.3. The Morgan fingerprint density at radius 2 is 0.733 bits per heavy atom. The van der Waals surface area contributed by atoms with Crippen molar-refractivity contribution in [3.63, 3.8) is 0 Å². The average molecular weight is 411 g/mol. The predicted octanol–water partition coefficient (Wildman–Crippen LogP) is 4.18. The molecule has 2 N–H and O–H groups in total. The number of amides is 2. The molecule has 164 valence electrons. The van der Waals surface area contributed by atoms with Crippen LogP contribution in [-0.4, -0.2) is 23.9 Å². The van der Waals surface area contributed by atoms with Crippen LogP contribution >= 0.6 is 0 Å². The summed E-state index contributed by atoms with van der Waals surface area (Å²) in [5.74, 6) is 5.61. The third-order valence-corrected chi connectivity index (χ3v) is 10.8. The molecule has 9 fully saturated rings. The lowest BCUT2D eigenvalue weighted by atomic mass is 9.49. The first-order valence-corrected chi connectivity index (χ1v) is 13.1. The van der Waals surface area contributed by atoms with Crippen molar-refractivity contribution in [3.05, 3.63) is 0 Å². The van der Waals surface area contributed by atoms with E-state index in [2.05, 4.69) is 10.6 Å². The summed E-state index contributed by atoms with van der Waals surface area (Å²) in [7, 11) is 0. The van der Waals surface area contributed by atoms with Crippen molar-refractivity contribution < 1.29 is 9.59 Å². The van der Waals surface area contributed by atoms with Crippen molar-refractivity contribution in [3.8, 4) is 0 Å². The Bertz CT molecular complexity index is 634. The Morgan fingerprint density at radius 3 is 1.00 bits per heavy atom. The summed E-state index contributed by atoms with van der Waals surface area (Å²) in [6, 6.07) is 0.569. The summed E-state index contributed by atoms with van der Waals surface area (Å²) in [4.78, 5) is 26.5. The molecule has 9 rings (SSSR count). The van der Waals surface area contributed by atoms with Crippen LogP contribution in [0, 0.1) is 46.3 Å². The molecular formula is C26H38N2O2. The van der Waals surface area contributed by atoms with Gasteiger partial charge in [0.05, 0.1) is 0 Å². The van der Waals surface area contributed by atoms with Gasteiger partial charge < -0.3 is 10.6 Å². The Hall–Kier alpha value is -1.06. The van der Waals surface area contributed by atoms with Gasteiger partial charge in [-0.1, -0.05) is 0 Å². The van der Waals surface area contributed by atoms with Crippen LogP contribution in [0.25, 0.3) is 0 Å². The zero-order chi connectivity index (χ0) is 20.1. The van der Waals surface area contributed by atoms with E-state index in [1.165, 1.54) is 38.5 Å². The maximum absolute atomic E-state index is 13.3. The maximum Gasteiger partial charge on any atom is 0.226 e. The van der Waals surface area contributed by atoms with Gasteiger partial charge in [0.1, 0.15) is 0 Å². The van der Waals surface area contributed by atoms with E-state index < -0.39 is 0 Å². The van der Waals surface area contributed by atoms with E-state index in [9.17, 15) is 9.59 Å². The number of rotatable bonds is 4. The van der Waals surface area contributed by atoms with Crippen LogP contribution in [0.5, 0.6) is 0 Å². The van der Waals surface area contributed by atoms with E-state index in [0.29, 0.717) is 11.8 Å². The number of carbonyl (C=O) groups excluding carboxylic acids is 2. The van der Waals surface area contributed by atoms with Crippen LogP contribution < -0.4 is 10.6 Å². The highest BCUT2D eigenvalue weighted by molar-refractivity contribution is 5.84. The molecule has 0 aromatic heterocycles. The summed E-state index contributed by atoms with van der Waals surface area (Å²) in [6.45, 7) is 0. The van der Waals surface area contributed by atoms with Crippen molar-refractivity contribution >= 4 is 11.8 Å². The van der Waals surface area contributed by atoms with Gasteiger partial charge in [-0.15, -0.1) is 0 Å². The molecule has 4 heteroatoms. The molecule has 0 heterocycles. The lowest BCUT2D eigenvalue weighted by Crippen LogP contribution is -2.61. The van der Waals surface area contributed by atoms with Crippen LogP contribution in [0.1, 0.15) is 89.9 Å². The summed E-state index contributed by atoms with van der Waals surface area (Å²) < 4.78 is 0. The minimum absolute atomic E-state index is 0.0394. The molecule has 0 spiro atoms. The number of hydrogen-bond acceptors (Lipinski definition) is 2. The van der Waals surface area contributed by atoms with Gasteiger partial charge in [-0.25, -0.2) is 0 Å². The van der Waals surface area contributed by atoms with E-state index in [1.807, 2.05) is 0 Å². The predicted molar refractivity (Wildman–Crippen MR) is 114 cm³/mol. The molecule has 0 unspecified atom stereocenters. The molecule has 4 nitrogen and oxygen atoms in total. The normalized spacial score (nSPS) is 54.7. The van der Waals surface area contributed by atoms with Gasteiger partial charge >= 0.3 is 0 Å². The largest absolute Gasteiger partial charge is 0.353 e. The Balaban J connectivity index is 0.941. The van der Waals surface area contributed by atoms with Crippen molar-refractivity contribution in [1.82, 2.24) is 10.6 Å². The zero-order valence-electron chi connectivity index (χ0n) is 18.3. The molecule has 9 aliphatic rings. The van der Waals surface area contributed by atoms with Gasteiger partial charge in [0.25, 0.3) is 0 Å². The molecule has 0 saturated heterocycles. The molecule has 0 radical (unpaired) electrons. The highest BCUT2D eigenvalue weighted by Gasteiger charge is 2.56. The van der Waals surface area contributed by atoms with Crippen molar-refractivity contribution in [2.24, 2.45) is 46.3 Å². The second-order valence-corrected chi connectivity index (χ2v) is 13.2. The summed E-state index contributed by atoms with van der Waals surface area (Å²) in [5, 5.41) is 6.84. The third-order valence-electron chi connectivity index (χ3n) is 10.8. The van der Waals surface area contributed by atoms with Gasteiger partial charge in [0.15, 0.2) is 0 Å². The van der Waals surface area contributed by atoms with Crippen LogP contribution in [0.4, 0.5) is 0 Å². The minimum Gasteiger partial charge on any atom is -0.353 e. The molecule has 0 atom stereocenters. The van der Waals surface area contributed by atoms with Crippen molar-refractivity contribution in [2.45, 2.75) is 102 Å². The topological polar surface area (TPSA) is 58.2 Å². The fourth-order valence-electron chi connectivity index (χ4n) is 10.3. The Morgan fingerprint density at radius 1 is 0.467 bits per heavy atom. The van der Waals surface area contributed by atoms with Gasteiger partial charge in [-0.3, -0.25) is 9.59 Å². The lowest BCUT2D eigenvalue weighted by molar-refractivity contribution is -0.149. The Labute approximate surface area is 180 Å². The molecule has 2 amide bonds. The van der Waals surface area contributed by atoms with Crippen molar-refractivity contribution in [1.29, 1.82) is 0 Å². The lowest BCUT2D eigenvalue weighted by Gasteiger charge is -2.56. The monoisotopic (exact) mass is 410 g/mol. The Kier molecular flexibility index (Phi) is 3.86. The summed E-state index contributed by atoms with van der Waals surface area (Å²) in [6.07, 6.45) is 17.0. The van der Waals surface area contributed by atoms with Gasteiger partial charge in [0, 0.05) is 22.9 Å². The van der Waals surface area contributed by atoms with Crippen LogP contribution in [0.15, 0.2) is 0 Å². The zero-order valence-corrected chi connectivity index (χ0v) is 18.3. The fraction of sp³-hybridized carbons (Fsp3) is 0.923. The summed E-state index contributed by atoms with van der Waals surface area (Å²) in [5.41, 5.74) is -0.0788. The SMILES string of the molecule is O=C(NC1CC(NC(=O)C23CC4CC(CC(C4)C2)C3)C1)C12CC3CC(CC(C3)C1)C2. The van der Waals surface area contributed by atoms with Crippen molar-refractivity contribution in [2.75, 3.05) is 0 Å². The first-order valence-electron chi connectivity index (χ1n) is 13.1. The standard InChI is InChI=1S/C26H38N2O2/c29-23(25-9-15-1-16(10-25)3-17(2-15)11-25)27-21-7-22(8-21)28-24(30)26-12-18-4-19(13-26)6-20(5-18)14-26/h15-22H,1-14H2,(H,27,29)(H,28,30). The quantitative estimate of drug-likeness (QED) is 0.730. The van der Waals surface area contributed by atoms with Gasteiger partial charge in [-0.05, 0) is 125 Å². The molecule has 30 heavy (non-hydrogen) atoms. The highest BCUT2D eigenvalue weighted by atomic mass is 16.2. The number of nitrogens with one attached hydrogen (secondary N) is 2. The van der Waals surface area contributed by atoms with Crippen LogP contribution in [0.2, 0.25) is 0 Å². The molecule has 0 aromatic carbocycles. The van der Waals surface area contributed by atoms with E-state index in [4.69, 9.17) is 0 Å². The molecule has 8 bridgehead atoms. The van der Waals surface area contributed by atoms with E-state index >= 15 is 0 Å². The van der Waals surface area contributed by atoms with Gasteiger partial charge in [0.2, 0.25) is 11.8 Å². The minimum atomic E-state index is -0.0394. The molecule has 0 aromatic rings. The average Bonchev–Trinajstić information content (AvgIpc) is 2.64. The third kappa shape index (κ3) is 2.77. The number of carbonyl (C=O) groups is 2. The first-order chi connectivity index (χ1) is 14.5. The van der Waals surface area contributed by atoms with Crippen LogP contribution in [-0.2, 0) is 9.59 Å². The van der Waals surface area contributed by atoms with Crippen LogP contribution in [0.3, 0.4) is 0 Å². The molecule has 9 aliphatic carbocycles.